The first-order chi connectivity index (χ1) is 11.4. The van der Waals surface area contributed by atoms with Crippen LogP contribution in [0.5, 0.6) is 0 Å². The van der Waals surface area contributed by atoms with Crippen molar-refractivity contribution < 1.29 is 9.59 Å². The Morgan fingerprint density at radius 2 is 1.88 bits per heavy atom. The van der Waals surface area contributed by atoms with Crippen molar-refractivity contribution in [3.8, 4) is 6.07 Å². The third-order valence-electron chi connectivity index (χ3n) is 3.20. The monoisotopic (exact) mass is 361 g/mol. The van der Waals surface area contributed by atoms with Crippen LogP contribution in [0.4, 0.5) is 11.4 Å². The minimum atomic E-state index is -0.420. The van der Waals surface area contributed by atoms with Crippen LogP contribution in [0, 0.1) is 11.3 Å². The molecule has 5 nitrogen and oxygen atoms in total. The molecule has 0 aliphatic heterocycles. The van der Waals surface area contributed by atoms with E-state index in [1.165, 1.54) is 17.9 Å². The number of benzene rings is 2. The van der Waals surface area contributed by atoms with Crippen LogP contribution < -0.4 is 10.2 Å². The molecule has 1 N–H and O–H groups in total. The third kappa shape index (κ3) is 4.25. The first-order valence-electron chi connectivity index (χ1n) is 6.94. The van der Waals surface area contributed by atoms with Crippen molar-refractivity contribution in [1.29, 1.82) is 5.26 Å². The Hall–Kier alpha value is -2.55. The van der Waals surface area contributed by atoms with Crippen molar-refractivity contribution in [3.63, 3.8) is 0 Å². The summed E-state index contributed by atoms with van der Waals surface area (Å²) in [6.45, 7) is 1.11. The van der Waals surface area contributed by atoms with Gasteiger partial charge in [-0.2, -0.15) is 5.26 Å². The molecule has 2 aromatic rings. The number of nitrogens with one attached hydrogen (secondary N) is 1. The maximum atomic E-state index is 12.2. The summed E-state index contributed by atoms with van der Waals surface area (Å²) in [7, 11) is 0. The van der Waals surface area contributed by atoms with Crippen LogP contribution in [0.2, 0.25) is 10.0 Å². The van der Waals surface area contributed by atoms with Crippen LogP contribution in [0.25, 0.3) is 0 Å². The van der Waals surface area contributed by atoms with Crippen LogP contribution >= 0.6 is 23.2 Å². The number of anilines is 2. The highest BCUT2D eigenvalue weighted by atomic mass is 35.5. The maximum absolute atomic E-state index is 12.2. The Morgan fingerprint density at radius 3 is 2.50 bits per heavy atom. The lowest BCUT2D eigenvalue weighted by Crippen LogP contribution is -2.37. The number of halogens is 2. The molecule has 0 heterocycles. The van der Waals surface area contributed by atoms with Crippen LogP contribution in [0.15, 0.2) is 42.5 Å². The number of rotatable bonds is 4. The topological polar surface area (TPSA) is 73.2 Å². The normalized spacial score (nSPS) is 9.92. The second-order valence-electron chi connectivity index (χ2n) is 4.91. The van der Waals surface area contributed by atoms with Crippen LogP contribution in [-0.4, -0.2) is 18.4 Å². The van der Waals surface area contributed by atoms with E-state index in [4.69, 9.17) is 28.5 Å². The summed E-state index contributed by atoms with van der Waals surface area (Å²) in [5.41, 5.74) is 1.17. The molecule has 2 aromatic carbocycles. The molecule has 0 radical (unpaired) electrons. The summed E-state index contributed by atoms with van der Waals surface area (Å²) in [5, 5.41) is 12.5. The zero-order chi connectivity index (χ0) is 17.7. The Labute approximate surface area is 149 Å². The van der Waals surface area contributed by atoms with E-state index < -0.39 is 5.91 Å². The minimum absolute atomic E-state index is 0.228. The van der Waals surface area contributed by atoms with Gasteiger partial charge in [0.15, 0.2) is 0 Å². The number of para-hydroxylation sites is 1. The predicted molar refractivity (Wildman–Crippen MR) is 94.3 cm³/mol. The van der Waals surface area contributed by atoms with Gasteiger partial charge in [-0.15, -0.1) is 0 Å². The lowest BCUT2D eigenvalue weighted by Gasteiger charge is -2.21. The predicted octanol–water partition coefficient (Wildman–Crippen LogP) is 3.86. The molecule has 2 rings (SSSR count). The summed E-state index contributed by atoms with van der Waals surface area (Å²) < 4.78 is 0. The van der Waals surface area contributed by atoms with Crippen molar-refractivity contribution in [3.05, 3.63) is 58.1 Å². The number of hydrogen-bond donors (Lipinski definition) is 1. The number of hydrogen-bond acceptors (Lipinski definition) is 3. The molecule has 0 unspecified atom stereocenters. The van der Waals surface area contributed by atoms with Crippen molar-refractivity contribution in [1.82, 2.24) is 0 Å². The van der Waals surface area contributed by atoms with Gasteiger partial charge in [0.25, 0.3) is 0 Å². The fourth-order valence-corrected chi connectivity index (χ4v) is 2.39. The summed E-state index contributed by atoms with van der Waals surface area (Å²) in [4.78, 5) is 25.4. The highest BCUT2D eigenvalue weighted by Gasteiger charge is 2.18. The van der Waals surface area contributed by atoms with Crippen LogP contribution in [0.3, 0.4) is 0 Å². The minimum Gasteiger partial charge on any atom is -0.324 e. The second-order valence-corrected chi connectivity index (χ2v) is 5.73. The average molecular weight is 362 g/mol. The molecule has 0 saturated carbocycles. The molecule has 0 fully saturated rings. The molecular weight excluding hydrogens is 349 g/mol. The van der Waals surface area contributed by atoms with E-state index in [0.717, 1.165) is 0 Å². The Balaban J connectivity index is 2.19. The molecule has 0 spiro atoms. The Morgan fingerprint density at radius 1 is 1.17 bits per heavy atom. The molecule has 7 heteroatoms. The lowest BCUT2D eigenvalue weighted by atomic mass is 10.1. The smallest absolute Gasteiger partial charge is 0.244 e. The first kappa shape index (κ1) is 17.8. The van der Waals surface area contributed by atoms with Gasteiger partial charge in [-0.05, 0) is 30.3 Å². The lowest BCUT2D eigenvalue weighted by molar-refractivity contribution is -0.120. The summed E-state index contributed by atoms with van der Waals surface area (Å²) in [6.07, 6.45) is 0. The largest absolute Gasteiger partial charge is 0.324 e. The van der Waals surface area contributed by atoms with Gasteiger partial charge >= 0.3 is 0 Å². The van der Waals surface area contributed by atoms with Crippen molar-refractivity contribution in [2.75, 3.05) is 16.8 Å². The number of amides is 2. The summed E-state index contributed by atoms with van der Waals surface area (Å²) in [5.74, 6) is -0.765. The van der Waals surface area contributed by atoms with E-state index in [9.17, 15) is 9.59 Å². The van der Waals surface area contributed by atoms with Crippen molar-refractivity contribution >= 4 is 46.4 Å². The molecule has 0 atom stereocenters. The SMILES string of the molecule is CC(=O)N(CC(=O)Nc1ccc(Cl)c(Cl)c1)c1ccccc1C#N. The van der Waals surface area contributed by atoms with Crippen LogP contribution in [0.1, 0.15) is 12.5 Å². The molecular formula is C17H13Cl2N3O2. The molecule has 2 amide bonds. The quantitative estimate of drug-likeness (QED) is 0.898. The fourth-order valence-electron chi connectivity index (χ4n) is 2.09. The molecule has 0 bridgehead atoms. The van der Waals surface area contributed by atoms with Crippen LogP contribution in [-0.2, 0) is 9.59 Å². The second kappa shape index (κ2) is 7.82. The van der Waals surface area contributed by atoms with Gasteiger partial charge in [0.1, 0.15) is 12.6 Å². The van der Waals surface area contributed by atoms with Gasteiger partial charge in [0.05, 0.1) is 21.3 Å². The summed E-state index contributed by atoms with van der Waals surface area (Å²) in [6, 6.07) is 13.3. The molecule has 0 aliphatic carbocycles. The maximum Gasteiger partial charge on any atom is 0.244 e. The molecule has 0 aliphatic rings. The van der Waals surface area contributed by atoms with Gasteiger partial charge < -0.3 is 10.2 Å². The highest BCUT2D eigenvalue weighted by molar-refractivity contribution is 6.42. The Kier molecular flexibility index (Phi) is 5.80. The molecule has 122 valence electrons. The van der Waals surface area contributed by atoms with E-state index in [1.54, 1.807) is 36.4 Å². The Bertz CT molecular complexity index is 831. The van der Waals surface area contributed by atoms with E-state index in [-0.39, 0.29) is 12.5 Å². The van der Waals surface area contributed by atoms with Gasteiger partial charge in [0.2, 0.25) is 11.8 Å². The number of nitriles is 1. The van der Waals surface area contributed by atoms with Crippen molar-refractivity contribution in [2.24, 2.45) is 0 Å². The van der Waals surface area contributed by atoms with Gasteiger partial charge in [-0.3, -0.25) is 9.59 Å². The van der Waals surface area contributed by atoms with Crippen molar-refractivity contribution in [2.45, 2.75) is 6.92 Å². The van der Waals surface area contributed by atoms with E-state index in [2.05, 4.69) is 5.32 Å². The van der Waals surface area contributed by atoms with E-state index >= 15 is 0 Å². The molecule has 0 saturated heterocycles. The molecule has 24 heavy (non-hydrogen) atoms. The first-order valence-corrected chi connectivity index (χ1v) is 7.70. The number of nitrogens with zero attached hydrogens (tertiary/aromatic N) is 2. The molecule has 0 aromatic heterocycles. The van der Waals surface area contributed by atoms with E-state index in [0.29, 0.717) is 27.0 Å². The standard InChI is InChI=1S/C17H13Cl2N3O2/c1-11(23)22(16-5-3-2-4-12(16)9-20)10-17(24)21-13-6-7-14(18)15(19)8-13/h2-8H,10H2,1H3,(H,21,24). The van der Waals surface area contributed by atoms with Gasteiger partial charge in [-0.25, -0.2) is 0 Å². The summed E-state index contributed by atoms with van der Waals surface area (Å²) >= 11 is 11.7. The van der Waals surface area contributed by atoms with Gasteiger partial charge in [-0.1, -0.05) is 35.3 Å². The zero-order valence-corrected chi connectivity index (χ0v) is 14.2. The van der Waals surface area contributed by atoms with Gasteiger partial charge in [0, 0.05) is 12.6 Å². The average Bonchev–Trinajstić information content (AvgIpc) is 2.56. The van der Waals surface area contributed by atoms with E-state index in [1.807, 2.05) is 6.07 Å². The zero-order valence-electron chi connectivity index (χ0n) is 12.7. The fraction of sp³-hybridized carbons (Fsp3) is 0.118. The number of carbonyl (C=O) groups excluding carboxylic acids is 2. The highest BCUT2D eigenvalue weighted by Crippen LogP contribution is 2.25. The number of carbonyl (C=O) groups is 2. The third-order valence-corrected chi connectivity index (χ3v) is 3.94.